The minimum atomic E-state index is -0.511. The van der Waals surface area contributed by atoms with Crippen molar-refractivity contribution >= 4 is 12.2 Å². The van der Waals surface area contributed by atoms with Crippen molar-refractivity contribution in [2.75, 3.05) is 33.9 Å². The Labute approximate surface area is 147 Å². The summed E-state index contributed by atoms with van der Waals surface area (Å²) in [7, 11) is 3.59. The molecule has 1 unspecified atom stereocenters. The molecular formula is C18H36N2O4. The molecule has 0 fully saturated rings. The van der Waals surface area contributed by atoms with Crippen LogP contribution < -0.4 is 5.32 Å². The molecule has 6 heteroatoms. The van der Waals surface area contributed by atoms with Gasteiger partial charge in [-0.25, -0.2) is 0 Å². The topological polar surface area (TPSA) is 67.9 Å². The highest BCUT2D eigenvalue weighted by atomic mass is 16.5. The van der Waals surface area contributed by atoms with Gasteiger partial charge in [-0.15, -0.1) is 0 Å². The zero-order valence-electron chi connectivity index (χ0n) is 16.3. The monoisotopic (exact) mass is 344 g/mol. The van der Waals surface area contributed by atoms with E-state index in [9.17, 15) is 9.59 Å². The van der Waals surface area contributed by atoms with E-state index < -0.39 is 5.60 Å². The normalized spacial score (nSPS) is 14.5. The summed E-state index contributed by atoms with van der Waals surface area (Å²) in [5.74, 6) is -0.0114. The molecule has 0 radical (unpaired) electrons. The first-order valence-corrected chi connectivity index (χ1v) is 8.84. The number of likely N-dealkylation sites (N-methyl/N-ethyl adjacent to an activating group) is 1. The van der Waals surface area contributed by atoms with Crippen LogP contribution in [0.15, 0.2) is 0 Å². The van der Waals surface area contributed by atoms with Crippen molar-refractivity contribution in [3.8, 4) is 0 Å². The van der Waals surface area contributed by atoms with Gasteiger partial charge in [-0.2, -0.15) is 0 Å². The third-order valence-electron chi connectivity index (χ3n) is 4.17. The molecule has 0 aliphatic rings. The molecular weight excluding hydrogens is 308 g/mol. The molecule has 0 heterocycles. The number of hydrogen-bond acceptors (Lipinski definition) is 5. The van der Waals surface area contributed by atoms with Crippen LogP contribution in [0.1, 0.15) is 53.4 Å². The fraction of sp³-hybridized carbons (Fsp3) is 0.889. The van der Waals surface area contributed by atoms with Crippen LogP contribution in [0.25, 0.3) is 0 Å². The van der Waals surface area contributed by atoms with Gasteiger partial charge in [0, 0.05) is 13.7 Å². The summed E-state index contributed by atoms with van der Waals surface area (Å²) in [5.41, 5.74) is -0.511. The number of unbranched alkanes of at least 4 members (excludes halogenated alkanes) is 1. The van der Waals surface area contributed by atoms with Crippen molar-refractivity contribution in [3.63, 3.8) is 0 Å². The van der Waals surface area contributed by atoms with Gasteiger partial charge in [0.15, 0.2) is 0 Å². The van der Waals surface area contributed by atoms with Gasteiger partial charge in [-0.3, -0.25) is 9.69 Å². The second-order valence-corrected chi connectivity index (χ2v) is 6.92. The lowest BCUT2D eigenvalue weighted by Gasteiger charge is -2.26. The maximum atomic E-state index is 12.0. The molecule has 0 aromatic carbocycles. The molecule has 0 saturated heterocycles. The Hall–Kier alpha value is -0.980. The van der Waals surface area contributed by atoms with Gasteiger partial charge < -0.3 is 19.6 Å². The van der Waals surface area contributed by atoms with E-state index in [4.69, 9.17) is 9.47 Å². The smallest absolute Gasteiger partial charge is 0.222 e. The highest BCUT2D eigenvalue weighted by Gasteiger charge is 2.23. The van der Waals surface area contributed by atoms with E-state index in [1.165, 1.54) is 0 Å². The second-order valence-electron chi connectivity index (χ2n) is 6.92. The average molecular weight is 344 g/mol. The van der Waals surface area contributed by atoms with Crippen LogP contribution in [-0.4, -0.2) is 68.7 Å². The number of ether oxygens (including phenoxy) is 2. The third kappa shape index (κ3) is 10.7. The molecule has 6 nitrogen and oxygen atoms in total. The minimum Gasteiger partial charge on any atom is -0.379 e. The lowest BCUT2D eigenvalue weighted by Crippen LogP contribution is -2.36. The summed E-state index contributed by atoms with van der Waals surface area (Å²) in [6.07, 6.45) is 3.95. The number of hydrogen-bond donors (Lipinski definition) is 1. The largest absolute Gasteiger partial charge is 0.379 e. The van der Waals surface area contributed by atoms with E-state index >= 15 is 0 Å². The van der Waals surface area contributed by atoms with Crippen molar-refractivity contribution in [2.24, 2.45) is 0 Å². The van der Waals surface area contributed by atoms with Gasteiger partial charge in [0.2, 0.25) is 5.91 Å². The van der Waals surface area contributed by atoms with E-state index in [1.807, 2.05) is 39.6 Å². The van der Waals surface area contributed by atoms with Crippen LogP contribution in [-0.2, 0) is 19.1 Å². The van der Waals surface area contributed by atoms with Gasteiger partial charge in [0.25, 0.3) is 0 Å². The van der Waals surface area contributed by atoms with E-state index in [0.717, 1.165) is 32.1 Å². The predicted octanol–water partition coefficient (Wildman–Crippen LogP) is 2.01. The molecule has 0 aromatic rings. The standard InChI is InChI=1S/C18H36N2O4/c1-7-20(5)16(13-21)10-8-9-11-19-17(22)12-18(3,4)24-14-15(2)23-6/h13,15-16H,7-12,14H2,1-6H3,(H,19,22)/t15?,16-/m0/s1. The second kappa shape index (κ2) is 12.4. The van der Waals surface area contributed by atoms with Crippen LogP contribution in [0.4, 0.5) is 0 Å². The maximum Gasteiger partial charge on any atom is 0.222 e. The summed E-state index contributed by atoms with van der Waals surface area (Å²) in [6, 6.07) is -0.0270. The van der Waals surface area contributed by atoms with Crippen molar-refractivity contribution in [2.45, 2.75) is 71.1 Å². The van der Waals surface area contributed by atoms with Crippen molar-refractivity contribution in [1.29, 1.82) is 0 Å². The number of carbonyl (C=O) groups excluding carboxylic acids is 2. The molecule has 2 atom stereocenters. The minimum absolute atomic E-state index is 0.0114. The summed E-state index contributed by atoms with van der Waals surface area (Å²) >= 11 is 0. The Balaban J connectivity index is 3.91. The van der Waals surface area contributed by atoms with E-state index in [2.05, 4.69) is 5.32 Å². The van der Waals surface area contributed by atoms with E-state index in [1.54, 1.807) is 7.11 Å². The molecule has 0 spiro atoms. The molecule has 0 saturated carbocycles. The van der Waals surface area contributed by atoms with E-state index in [0.29, 0.717) is 19.6 Å². The molecule has 0 aromatic heterocycles. The Morgan fingerprint density at radius 2 is 2.00 bits per heavy atom. The number of aldehydes is 1. The Morgan fingerprint density at radius 1 is 1.33 bits per heavy atom. The van der Waals surface area contributed by atoms with Crippen molar-refractivity contribution < 1.29 is 19.1 Å². The van der Waals surface area contributed by atoms with Crippen LogP contribution in [0.2, 0.25) is 0 Å². The third-order valence-corrected chi connectivity index (χ3v) is 4.17. The van der Waals surface area contributed by atoms with Crippen molar-refractivity contribution in [1.82, 2.24) is 10.2 Å². The highest BCUT2D eigenvalue weighted by Crippen LogP contribution is 2.15. The SMILES string of the molecule is CCN(C)[C@H](C=O)CCCCNC(=O)CC(C)(C)OCC(C)OC. The van der Waals surface area contributed by atoms with Crippen LogP contribution in [0.5, 0.6) is 0 Å². The molecule has 0 bridgehead atoms. The van der Waals surface area contributed by atoms with Crippen LogP contribution in [0, 0.1) is 0 Å². The van der Waals surface area contributed by atoms with Gasteiger partial charge in [-0.05, 0) is 53.6 Å². The Bertz CT molecular complexity index is 361. The first-order chi connectivity index (χ1) is 11.3. The van der Waals surface area contributed by atoms with Gasteiger partial charge in [0.05, 0.1) is 30.8 Å². The molecule has 1 amide bonds. The van der Waals surface area contributed by atoms with Crippen LogP contribution in [0.3, 0.4) is 0 Å². The number of nitrogens with zero attached hydrogens (tertiary/aromatic N) is 1. The molecule has 1 N–H and O–H groups in total. The molecule has 0 rings (SSSR count). The van der Waals surface area contributed by atoms with Gasteiger partial charge >= 0.3 is 0 Å². The number of rotatable bonds is 14. The van der Waals surface area contributed by atoms with Gasteiger partial charge in [0.1, 0.15) is 6.29 Å². The quantitative estimate of drug-likeness (QED) is 0.386. The number of nitrogens with one attached hydrogen (secondary N) is 1. The summed E-state index contributed by atoms with van der Waals surface area (Å²) in [5, 5.41) is 2.92. The lowest BCUT2D eigenvalue weighted by atomic mass is 10.0. The molecule has 142 valence electrons. The van der Waals surface area contributed by atoms with Crippen LogP contribution >= 0.6 is 0 Å². The number of carbonyl (C=O) groups is 2. The zero-order valence-corrected chi connectivity index (χ0v) is 16.3. The highest BCUT2D eigenvalue weighted by molar-refractivity contribution is 5.76. The summed E-state index contributed by atoms with van der Waals surface area (Å²) < 4.78 is 10.9. The first kappa shape index (κ1) is 23.0. The Kier molecular flexibility index (Phi) is 11.9. The lowest BCUT2D eigenvalue weighted by molar-refractivity contribution is -0.129. The average Bonchev–Trinajstić information content (AvgIpc) is 2.54. The zero-order chi connectivity index (χ0) is 18.6. The molecule has 24 heavy (non-hydrogen) atoms. The fourth-order valence-corrected chi connectivity index (χ4v) is 2.24. The summed E-state index contributed by atoms with van der Waals surface area (Å²) in [6.45, 7) is 9.73. The number of methoxy groups -OCH3 is 1. The van der Waals surface area contributed by atoms with E-state index in [-0.39, 0.29) is 18.1 Å². The first-order valence-electron chi connectivity index (χ1n) is 8.84. The van der Waals surface area contributed by atoms with Crippen molar-refractivity contribution in [3.05, 3.63) is 0 Å². The number of amides is 1. The predicted molar refractivity (Wildman–Crippen MR) is 96.1 cm³/mol. The molecule has 0 aliphatic carbocycles. The van der Waals surface area contributed by atoms with Gasteiger partial charge in [-0.1, -0.05) is 6.92 Å². The maximum absolute atomic E-state index is 12.0. The molecule has 0 aliphatic heterocycles. The Morgan fingerprint density at radius 3 is 2.54 bits per heavy atom. The summed E-state index contributed by atoms with van der Waals surface area (Å²) in [4.78, 5) is 25.1. The fourth-order valence-electron chi connectivity index (χ4n) is 2.24.